The molecule has 5 heteroatoms. The van der Waals surface area contributed by atoms with Crippen LogP contribution in [0.1, 0.15) is 26.7 Å². The molecule has 1 amide bonds. The molecule has 118 valence electrons. The van der Waals surface area contributed by atoms with Gasteiger partial charge in [0.15, 0.2) is 0 Å². The van der Waals surface area contributed by atoms with Gasteiger partial charge < -0.3 is 20.5 Å². The van der Waals surface area contributed by atoms with Crippen LogP contribution in [0.15, 0.2) is 24.3 Å². The molecule has 0 fully saturated rings. The average molecular weight is 294 g/mol. The van der Waals surface area contributed by atoms with Crippen LogP contribution >= 0.6 is 0 Å². The molecule has 0 aliphatic heterocycles. The molecule has 0 unspecified atom stereocenters. The van der Waals surface area contributed by atoms with Crippen molar-refractivity contribution in [1.82, 2.24) is 5.32 Å². The number of nitrogens with two attached hydrogens (primary N) is 1. The van der Waals surface area contributed by atoms with Crippen LogP contribution in [0, 0.1) is 5.92 Å². The summed E-state index contributed by atoms with van der Waals surface area (Å²) in [6.07, 6.45) is 1.37. The smallest absolute Gasteiger partial charge is 0.223 e. The van der Waals surface area contributed by atoms with Gasteiger partial charge in [0.05, 0.1) is 19.6 Å². The molecule has 0 aliphatic carbocycles. The maximum Gasteiger partial charge on any atom is 0.223 e. The van der Waals surface area contributed by atoms with Crippen LogP contribution < -0.4 is 15.8 Å². The summed E-state index contributed by atoms with van der Waals surface area (Å²) in [6.45, 7) is 6.51. The Hall–Kier alpha value is -1.75. The van der Waals surface area contributed by atoms with E-state index in [0.29, 0.717) is 43.5 Å². The van der Waals surface area contributed by atoms with Crippen molar-refractivity contribution in [3.8, 4) is 5.75 Å². The molecular formula is C16H26N2O3. The van der Waals surface area contributed by atoms with Gasteiger partial charge >= 0.3 is 0 Å². The quantitative estimate of drug-likeness (QED) is 0.512. The fraction of sp³-hybridized carbons (Fsp3) is 0.562. The number of nitrogen functional groups attached to an aromatic ring is 1. The van der Waals surface area contributed by atoms with Gasteiger partial charge in [-0.15, -0.1) is 0 Å². The molecule has 0 heterocycles. The van der Waals surface area contributed by atoms with E-state index in [0.717, 1.165) is 13.0 Å². The highest BCUT2D eigenvalue weighted by molar-refractivity contribution is 5.75. The van der Waals surface area contributed by atoms with Crippen molar-refractivity contribution < 1.29 is 14.3 Å². The number of amides is 1. The number of anilines is 1. The first-order valence-electron chi connectivity index (χ1n) is 7.40. The van der Waals surface area contributed by atoms with Crippen molar-refractivity contribution in [3.63, 3.8) is 0 Å². The summed E-state index contributed by atoms with van der Waals surface area (Å²) in [7, 11) is 0. The molecule has 0 atom stereocenters. The van der Waals surface area contributed by atoms with E-state index in [9.17, 15) is 4.79 Å². The fourth-order valence-corrected chi connectivity index (χ4v) is 1.60. The monoisotopic (exact) mass is 294 g/mol. The summed E-state index contributed by atoms with van der Waals surface area (Å²) in [5.74, 6) is 1.33. The Morgan fingerprint density at radius 2 is 1.90 bits per heavy atom. The fourth-order valence-electron chi connectivity index (χ4n) is 1.60. The predicted molar refractivity (Wildman–Crippen MR) is 84.3 cm³/mol. The molecule has 0 saturated heterocycles. The van der Waals surface area contributed by atoms with E-state index in [4.69, 9.17) is 15.2 Å². The highest BCUT2D eigenvalue weighted by Gasteiger charge is 2.02. The van der Waals surface area contributed by atoms with Gasteiger partial charge in [0.2, 0.25) is 5.91 Å². The minimum atomic E-state index is -0.0297. The van der Waals surface area contributed by atoms with E-state index >= 15 is 0 Å². The summed E-state index contributed by atoms with van der Waals surface area (Å²) >= 11 is 0. The van der Waals surface area contributed by atoms with Gasteiger partial charge in [-0.05, 0) is 36.6 Å². The number of rotatable bonds is 10. The normalized spacial score (nSPS) is 10.6. The first-order valence-corrected chi connectivity index (χ1v) is 7.40. The molecule has 0 bridgehead atoms. The zero-order valence-electron chi connectivity index (χ0n) is 12.9. The second kappa shape index (κ2) is 10.0. The number of benzene rings is 1. The molecule has 1 rings (SSSR count). The second-order valence-electron chi connectivity index (χ2n) is 5.31. The lowest BCUT2D eigenvalue weighted by molar-refractivity contribution is -0.121. The number of carbonyl (C=O) groups is 1. The van der Waals surface area contributed by atoms with Crippen LogP contribution in [0.4, 0.5) is 5.69 Å². The standard InChI is InChI=1S/C16H26N2O3/c1-13(2)7-10-20-12-9-18-16(19)8-11-21-15-5-3-14(17)4-6-15/h3-6,13H,7-12,17H2,1-2H3,(H,18,19). The molecule has 3 N–H and O–H groups in total. The molecule has 5 nitrogen and oxygen atoms in total. The Labute approximate surface area is 126 Å². The Kier molecular flexibility index (Phi) is 8.28. The Morgan fingerprint density at radius 3 is 2.57 bits per heavy atom. The van der Waals surface area contributed by atoms with Crippen LogP contribution in [0.25, 0.3) is 0 Å². The third kappa shape index (κ3) is 8.92. The van der Waals surface area contributed by atoms with Gasteiger partial charge in [-0.2, -0.15) is 0 Å². The van der Waals surface area contributed by atoms with Crippen molar-refractivity contribution in [2.45, 2.75) is 26.7 Å². The molecular weight excluding hydrogens is 268 g/mol. The maximum atomic E-state index is 11.6. The molecule has 21 heavy (non-hydrogen) atoms. The van der Waals surface area contributed by atoms with E-state index in [1.807, 2.05) is 0 Å². The van der Waals surface area contributed by atoms with Gasteiger partial charge in [-0.25, -0.2) is 0 Å². The number of carbonyl (C=O) groups excluding carboxylic acids is 1. The first-order chi connectivity index (χ1) is 10.1. The average Bonchev–Trinajstić information content (AvgIpc) is 2.44. The minimum Gasteiger partial charge on any atom is -0.493 e. The van der Waals surface area contributed by atoms with E-state index in [-0.39, 0.29) is 5.91 Å². The molecule has 1 aromatic rings. The third-order valence-electron chi connectivity index (χ3n) is 2.89. The molecule has 0 aliphatic rings. The van der Waals surface area contributed by atoms with Gasteiger partial charge in [0.25, 0.3) is 0 Å². The predicted octanol–water partition coefficient (Wildman–Crippen LogP) is 2.22. The molecule has 0 saturated carbocycles. The summed E-state index contributed by atoms with van der Waals surface area (Å²) in [6, 6.07) is 7.11. The van der Waals surface area contributed by atoms with Crippen LogP contribution in [0.2, 0.25) is 0 Å². The van der Waals surface area contributed by atoms with E-state index in [1.165, 1.54) is 0 Å². The van der Waals surface area contributed by atoms with Gasteiger partial charge in [0, 0.05) is 18.8 Å². The van der Waals surface area contributed by atoms with Gasteiger partial charge in [-0.3, -0.25) is 4.79 Å². The van der Waals surface area contributed by atoms with E-state index < -0.39 is 0 Å². The van der Waals surface area contributed by atoms with Crippen molar-refractivity contribution in [2.75, 3.05) is 32.1 Å². The molecule has 0 radical (unpaired) electrons. The van der Waals surface area contributed by atoms with Crippen molar-refractivity contribution in [2.24, 2.45) is 5.92 Å². The number of nitrogens with one attached hydrogen (secondary N) is 1. The number of ether oxygens (including phenoxy) is 2. The SMILES string of the molecule is CC(C)CCOCCNC(=O)CCOc1ccc(N)cc1. The third-order valence-corrected chi connectivity index (χ3v) is 2.89. The molecule has 0 aromatic heterocycles. The Morgan fingerprint density at radius 1 is 1.19 bits per heavy atom. The largest absolute Gasteiger partial charge is 0.493 e. The number of hydrogen-bond donors (Lipinski definition) is 2. The lowest BCUT2D eigenvalue weighted by Crippen LogP contribution is -2.28. The van der Waals surface area contributed by atoms with Crippen LogP contribution in [0.5, 0.6) is 5.75 Å². The van der Waals surface area contributed by atoms with Crippen LogP contribution in [-0.2, 0) is 9.53 Å². The highest BCUT2D eigenvalue weighted by Crippen LogP contribution is 2.12. The summed E-state index contributed by atoms with van der Waals surface area (Å²) in [5, 5.41) is 2.80. The van der Waals surface area contributed by atoms with Crippen molar-refractivity contribution in [1.29, 1.82) is 0 Å². The summed E-state index contributed by atoms with van der Waals surface area (Å²) < 4.78 is 10.9. The van der Waals surface area contributed by atoms with E-state index in [2.05, 4.69) is 19.2 Å². The van der Waals surface area contributed by atoms with Gasteiger partial charge in [0.1, 0.15) is 5.75 Å². The summed E-state index contributed by atoms with van der Waals surface area (Å²) in [4.78, 5) is 11.6. The Bertz CT molecular complexity index is 404. The zero-order chi connectivity index (χ0) is 15.5. The van der Waals surface area contributed by atoms with Gasteiger partial charge in [-0.1, -0.05) is 13.8 Å². The highest BCUT2D eigenvalue weighted by atomic mass is 16.5. The van der Waals surface area contributed by atoms with Crippen LogP contribution in [0.3, 0.4) is 0 Å². The molecule has 0 spiro atoms. The van der Waals surface area contributed by atoms with Crippen molar-refractivity contribution >= 4 is 11.6 Å². The molecule has 1 aromatic carbocycles. The number of hydrogen-bond acceptors (Lipinski definition) is 4. The Balaban J connectivity index is 2.00. The zero-order valence-corrected chi connectivity index (χ0v) is 12.9. The lowest BCUT2D eigenvalue weighted by Gasteiger charge is -2.09. The van der Waals surface area contributed by atoms with E-state index in [1.54, 1.807) is 24.3 Å². The topological polar surface area (TPSA) is 73.6 Å². The van der Waals surface area contributed by atoms with Crippen molar-refractivity contribution in [3.05, 3.63) is 24.3 Å². The summed E-state index contributed by atoms with van der Waals surface area (Å²) in [5.41, 5.74) is 6.27. The first kappa shape index (κ1) is 17.3. The minimum absolute atomic E-state index is 0.0297. The maximum absolute atomic E-state index is 11.6. The van der Waals surface area contributed by atoms with Crippen LogP contribution in [-0.4, -0.2) is 32.3 Å². The lowest BCUT2D eigenvalue weighted by atomic mass is 10.1. The second-order valence-corrected chi connectivity index (χ2v) is 5.31.